The standard InChI is InChI=1S/C8H23Si4.3Y/c1-8-12(9(2)3,10(4)5)11(6)7;;;/h8H2,1-7H3;;;. The van der Waals surface area contributed by atoms with Crippen molar-refractivity contribution < 1.29 is 98.1 Å². The third kappa shape index (κ3) is 7.51. The van der Waals surface area contributed by atoms with Crippen molar-refractivity contribution in [3.63, 3.8) is 0 Å². The first-order valence-electron chi connectivity index (χ1n) is 4.81. The molecule has 0 aliphatic rings. The van der Waals surface area contributed by atoms with Crippen molar-refractivity contribution in [2.75, 3.05) is 0 Å². The van der Waals surface area contributed by atoms with Crippen molar-refractivity contribution in [2.45, 2.75) is 52.2 Å². The van der Waals surface area contributed by atoms with Crippen LogP contribution in [0.4, 0.5) is 0 Å². The summed E-state index contributed by atoms with van der Waals surface area (Å²) in [6.07, 6.45) is 0. The van der Waals surface area contributed by atoms with Gasteiger partial charge in [-0.15, -0.1) is 0 Å². The van der Waals surface area contributed by atoms with Crippen molar-refractivity contribution in [3.8, 4) is 0 Å². The van der Waals surface area contributed by atoms with E-state index in [0.29, 0.717) is 0 Å². The van der Waals surface area contributed by atoms with Crippen molar-refractivity contribution in [3.05, 3.63) is 0 Å². The molecule has 0 aliphatic carbocycles. The second kappa shape index (κ2) is 13.2. The average molecular weight is 498 g/mol. The molecule has 0 amide bonds. The van der Waals surface area contributed by atoms with Crippen LogP contribution in [-0.2, 0) is 98.1 Å². The van der Waals surface area contributed by atoms with Gasteiger partial charge in [-0.3, -0.25) is 0 Å². The van der Waals surface area contributed by atoms with E-state index in [4.69, 9.17) is 0 Å². The first-order chi connectivity index (χ1) is 5.39. The van der Waals surface area contributed by atoms with Crippen LogP contribution in [0.25, 0.3) is 0 Å². The van der Waals surface area contributed by atoms with Crippen LogP contribution in [-0.4, -0.2) is 31.6 Å². The maximum absolute atomic E-state index is 2.58. The zero-order chi connectivity index (χ0) is 9.94. The number of hydrogen-bond acceptors (Lipinski definition) is 0. The van der Waals surface area contributed by atoms with Crippen LogP contribution in [0.15, 0.2) is 0 Å². The van der Waals surface area contributed by atoms with Crippen molar-refractivity contribution in [1.82, 2.24) is 0 Å². The Morgan fingerprint density at radius 1 is 0.667 bits per heavy atom. The van der Waals surface area contributed by atoms with Gasteiger partial charge in [0, 0.05) is 130 Å². The van der Waals surface area contributed by atoms with Gasteiger partial charge >= 0.3 is 0 Å². The zero-order valence-corrected chi connectivity index (χ0v) is 24.0. The molecule has 0 rings (SSSR count). The molecule has 0 saturated heterocycles. The van der Waals surface area contributed by atoms with Gasteiger partial charge in [0.05, 0.1) is 0 Å². The minimum Gasteiger partial charge on any atom is -0.0737 e. The van der Waals surface area contributed by atoms with Crippen molar-refractivity contribution >= 4 is 31.6 Å². The third-order valence-corrected chi connectivity index (χ3v) is 54.8. The minimum atomic E-state index is -0.696. The SMILES string of the molecule is CC[Si]([Si](C)C)([Si](C)C)[Si](C)C.[Y].[Y].[Y]. The molecule has 0 aromatic carbocycles. The van der Waals surface area contributed by atoms with Crippen LogP contribution < -0.4 is 0 Å². The molecule has 0 N–H and O–H groups in total. The Labute approximate surface area is 178 Å². The second-order valence-corrected chi connectivity index (χ2v) is 34.0. The van der Waals surface area contributed by atoms with E-state index in [1.165, 1.54) is 0 Å². The van der Waals surface area contributed by atoms with E-state index in [1.54, 1.807) is 6.04 Å². The van der Waals surface area contributed by atoms with Crippen molar-refractivity contribution in [1.29, 1.82) is 0 Å². The van der Waals surface area contributed by atoms with Crippen LogP contribution in [0.2, 0.25) is 45.3 Å². The molecule has 0 unspecified atom stereocenters. The van der Waals surface area contributed by atoms with Crippen LogP contribution in [0, 0.1) is 0 Å². The van der Waals surface area contributed by atoms with Gasteiger partial charge in [-0.1, -0.05) is 52.2 Å². The molecule has 15 heavy (non-hydrogen) atoms. The summed E-state index contributed by atoms with van der Waals surface area (Å²) in [5.41, 5.74) is 0. The summed E-state index contributed by atoms with van der Waals surface area (Å²) in [5, 5.41) is 0. The van der Waals surface area contributed by atoms with Gasteiger partial charge in [0.1, 0.15) is 0 Å². The first-order valence-corrected chi connectivity index (χ1v) is 17.5. The third-order valence-electron chi connectivity index (χ3n) is 3.09. The first kappa shape index (κ1) is 27.5. The topological polar surface area (TPSA) is 0 Å². The second-order valence-electron chi connectivity index (χ2n) is 4.26. The molecule has 0 atom stereocenters. The summed E-state index contributed by atoms with van der Waals surface area (Å²) >= 11 is 0. The van der Waals surface area contributed by atoms with Crippen LogP contribution in [0.3, 0.4) is 0 Å². The van der Waals surface area contributed by atoms with E-state index in [-0.39, 0.29) is 123 Å². The van der Waals surface area contributed by atoms with E-state index in [1.807, 2.05) is 0 Å². The quantitative estimate of drug-likeness (QED) is 0.524. The molecule has 0 aromatic heterocycles. The van der Waals surface area contributed by atoms with E-state index in [2.05, 4.69) is 46.2 Å². The molecule has 80 valence electrons. The van der Waals surface area contributed by atoms with E-state index in [0.717, 1.165) is 0 Å². The Bertz CT molecular complexity index is 120. The molecular weight excluding hydrogens is 475 g/mol. The van der Waals surface area contributed by atoms with Crippen molar-refractivity contribution in [2.24, 2.45) is 0 Å². The molecule has 0 aromatic rings. The van der Waals surface area contributed by atoms with Gasteiger partial charge in [0.25, 0.3) is 0 Å². The van der Waals surface area contributed by atoms with Gasteiger partial charge in [0.15, 0.2) is 0 Å². The summed E-state index contributed by atoms with van der Waals surface area (Å²) in [4.78, 5) is 0. The normalized spacial score (nSPS) is 10.8. The van der Waals surface area contributed by atoms with E-state index < -0.39 is 6.63 Å². The summed E-state index contributed by atoms with van der Waals surface area (Å²) in [6, 6.07) is 1.58. The fourth-order valence-corrected chi connectivity index (χ4v) is 50.0. The Balaban J connectivity index is -0.000000202. The predicted octanol–water partition coefficient (Wildman–Crippen LogP) is 2.95. The largest absolute Gasteiger partial charge is 0.0737 e. The monoisotopic (exact) mass is 498 g/mol. The van der Waals surface area contributed by atoms with Crippen LogP contribution in [0.5, 0.6) is 0 Å². The van der Waals surface area contributed by atoms with Gasteiger partial charge in [-0.05, 0) is 0 Å². The summed E-state index contributed by atoms with van der Waals surface area (Å²) < 4.78 is 0. The van der Waals surface area contributed by atoms with E-state index in [9.17, 15) is 0 Å². The fourth-order valence-electron chi connectivity index (χ4n) is 2.56. The Hall–Kier alpha value is 4.18. The molecule has 0 heterocycles. The number of rotatable bonds is 4. The summed E-state index contributed by atoms with van der Waals surface area (Å²) in [6.45, 7) is 17.2. The number of hydrogen-bond donors (Lipinski definition) is 0. The van der Waals surface area contributed by atoms with Crippen LogP contribution in [0.1, 0.15) is 6.92 Å². The Kier molecular flexibility index (Phi) is 24.2. The maximum Gasteiger partial charge on any atom is 0.0297 e. The van der Waals surface area contributed by atoms with Gasteiger partial charge in [0.2, 0.25) is 0 Å². The minimum absolute atomic E-state index is 0. The molecule has 0 spiro atoms. The van der Waals surface area contributed by atoms with Crippen LogP contribution >= 0.6 is 0 Å². The summed E-state index contributed by atoms with van der Waals surface area (Å²) in [5.74, 6) is 0. The molecule has 0 bridgehead atoms. The molecule has 0 saturated carbocycles. The smallest absolute Gasteiger partial charge is 0.0297 e. The zero-order valence-electron chi connectivity index (χ0n) is 11.4. The van der Waals surface area contributed by atoms with Gasteiger partial charge in [-0.2, -0.15) is 0 Å². The summed E-state index contributed by atoms with van der Waals surface area (Å²) in [7, 11) is 0.142. The maximum atomic E-state index is 2.58. The Morgan fingerprint density at radius 3 is 0.867 bits per heavy atom. The molecule has 0 fully saturated rings. The fraction of sp³-hybridized carbons (Fsp3) is 1.00. The van der Waals surface area contributed by atoms with Gasteiger partial charge < -0.3 is 0 Å². The molecular formula is C8H23Si4Y3. The Morgan fingerprint density at radius 2 is 0.867 bits per heavy atom. The molecule has 0 aliphatic heterocycles. The molecule has 7 heteroatoms. The predicted molar refractivity (Wildman–Crippen MR) is 68.7 cm³/mol. The van der Waals surface area contributed by atoms with E-state index >= 15 is 0 Å². The molecule has 0 nitrogen and oxygen atoms in total. The van der Waals surface area contributed by atoms with Gasteiger partial charge in [-0.25, -0.2) is 0 Å². The molecule has 6 radical (unpaired) electrons. The average Bonchev–Trinajstić information content (AvgIpc) is 1.86.